The summed E-state index contributed by atoms with van der Waals surface area (Å²) in [6, 6.07) is 9.01. The minimum absolute atomic E-state index is 0.189. The van der Waals surface area contributed by atoms with Gasteiger partial charge in [-0.1, -0.05) is 31.2 Å². The van der Waals surface area contributed by atoms with Crippen molar-refractivity contribution in [3.63, 3.8) is 0 Å². The Morgan fingerprint density at radius 2 is 2.00 bits per heavy atom. The molecular weight excluding hydrogens is 264 g/mol. The van der Waals surface area contributed by atoms with Crippen LogP contribution in [0.25, 0.3) is 0 Å². The Kier molecular flexibility index (Phi) is 5.76. The first-order valence-electron chi connectivity index (χ1n) is 7.65. The molecule has 0 saturated carbocycles. The Hall–Kier alpha value is -1.39. The van der Waals surface area contributed by atoms with E-state index in [9.17, 15) is 4.79 Å². The predicted molar refractivity (Wildman–Crippen MR) is 83.8 cm³/mol. The number of hydrogen-bond acceptors (Lipinski definition) is 3. The summed E-state index contributed by atoms with van der Waals surface area (Å²) in [6.07, 6.45) is 1.03. The van der Waals surface area contributed by atoms with E-state index >= 15 is 0 Å². The van der Waals surface area contributed by atoms with Crippen LogP contribution in [0.2, 0.25) is 0 Å². The van der Waals surface area contributed by atoms with E-state index in [0.717, 1.165) is 26.1 Å². The molecule has 0 unspecified atom stereocenters. The maximum Gasteiger partial charge on any atom is 0.219 e. The molecule has 4 nitrogen and oxygen atoms in total. The summed E-state index contributed by atoms with van der Waals surface area (Å²) in [7, 11) is 1.71. The van der Waals surface area contributed by atoms with Crippen LogP contribution in [-0.4, -0.2) is 37.0 Å². The molecule has 21 heavy (non-hydrogen) atoms. The zero-order valence-corrected chi connectivity index (χ0v) is 13.3. The van der Waals surface area contributed by atoms with E-state index in [1.807, 2.05) is 4.90 Å². The molecule has 1 saturated heterocycles. The first-order chi connectivity index (χ1) is 10.1. The lowest BCUT2D eigenvalue weighted by Crippen LogP contribution is -2.49. The fourth-order valence-electron chi connectivity index (χ4n) is 2.90. The van der Waals surface area contributed by atoms with Gasteiger partial charge in [0, 0.05) is 39.7 Å². The SMILES string of the molecule is COCc1ccc(CN[C@@H]2CCN(C(C)=O)C[C@@H]2C)cc1. The number of benzene rings is 1. The van der Waals surface area contributed by atoms with Gasteiger partial charge in [0.25, 0.3) is 0 Å². The number of carbonyl (C=O) groups excluding carboxylic acids is 1. The zero-order valence-electron chi connectivity index (χ0n) is 13.3. The molecule has 0 spiro atoms. The summed E-state index contributed by atoms with van der Waals surface area (Å²) in [6.45, 7) is 7.14. The molecule has 1 aliphatic heterocycles. The Morgan fingerprint density at radius 3 is 2.57 bits per heavy atom. The van der Waals surface area contributed by atoms with Gasteiger partial charge >= 0.3 is 0 Å². The molecule has 1 N–H and O–H groups in total. The average molecular weight is 290 g/mol. The van der Waals surface area contributed by atoms with Gasteiger partial charge in [0.05, 0.1) is 6.61 Å². The minimum Gasteiger partial charge on any atom is -0.380 e. The van der Waals surface area contributed by atoms with Gasteiger partial charge in [-0.2, -0.15) is 0 Å². The third-order valence-corrected chi connectivity index (χ3v) is 4.25. The van der Waals surface area contributed by atoms with Crippen molar-refractivity contribution in [2.24, 2.45) is 5.92 Å². The Bertz CT molecular complexity index is 458. The number of carbonyl (C=O) groups is 1. The van der Waals surface area contributed by atoms with Crippen LogP contribution in [0.15, 0.2) is 24.3 Å². The molecule has 1 fully saturated rings. The third kappa shape index (κ3) is 4.55. The second-order valence-corrected chi connectivity index (χ2v) is 5.97. The number of rotatable bonds is 5. The Morgan fingerprint density at radius 1 is 1.33 bits per heavy atom. The minimum atomic E-state index is 0.189. The lowest BCUT2D eigenvalue weighted by Gasteiger charge is -2.37. The number of piperidine rings is 1. The number of methoxy groups -OCH3 is 1. The molecular formula is C17H26N2O2. The molecule has 116 valence electrons. The topological polar surface area (TPSA) is 41.6 Å². The van der Waals surface area contributed by atoms with Crippen LogP contribution < -0.4 is 5.32 Å². The summed E-state index contributed by atoms with van der Waals surface area (Å²) in [4.78, 5) is 13.4. The summed E-state index contributed by atoms with van der Waals surface area (Å²) in [5.41, 5.74) is 2.49. The molecule has 1 amide bonds. The number of amides is 1. The van der Waals surface area contributed by atoms with E-state index in [1.54, 1.807) is 14.0 Å². The van der Waals surface area contributed by atoms with Gasteiger partial charge in [0.1, 0.15) is 0 Å². The van der Waals surface area contributed by atoms with Crippen molar-refractivity contribution < 1.29 is 9.53 Å². The van der Waals surface area contributed by atoms with E-state index in [4.69, 9.17) is 4.74 Å². The number of nitrogens with zero attached hydrogens (tertiary/aromatic N) is 1. The molecule has 4 heteroatoms. The summed E-state index contributed by atoms with van der Waals surface area (Å²) in [5.74, 6) is 0.685. The first-order valence-corrected chi connectivity index (χ1v) is 7.65. The van der Waals surface area contributed by atoms with Crippen LogP contribution in [0.3, 0.4) is 0 Å². The van der Waals surface area contributed by atoms with Crippen molar-refractivity contribution in [2.75, 3.05) is 20.2 Å². The fourth-order valence-corrected chi connectivity index (χ4v) is 2.90. The smallest absolute Gasteiger partial charge is 0.219 e. The predicted octanol–water partition coefficient (Wildman–Crippen LogP) is 2.18. The molecule has 1 aromatic rings. The maximum atomic E-state index is 11.4. The van der Waals surface area contributed by atoms with Gasteiger partial charge < -0.3 is 15.0 Å². The largest absolute Gasteiger partial charge is 0.380 e. The average Bonchev–Trinajstić information content (AvgIpc) is 2.47. The molecule has 0 bridgehead atoms. The normalized spacial score (nSPS) is 22.3. The van der Waals surface area contributed by atoms with Crippen molar-refractivity contribution in [2.45, 2.75) is 39.5 Å². The van der Waals surface area contributed by atoms with Crippen molar-refractivity contribution in [3.8, 4) is 0 Å². The molecule has 0 aliphatic carbocycles. The van der Waals surface area contributed by atoms with Crippen LogP contribution in [-0.2, 0) is 22.7 Å². The van der Waals surface area contributed by atoms with Crippen molar-refractivity contribution in [3.05, 3.63) is 35.4 Å². The van der Waals surface area contributed by atoms with Crippen LogP contribution >= 0.6 is 0 Å². The molecule has 2 rings (SSSR count). The van der Waals surface area contributed by atoms with Gasteiger partial charge in [-0.15, -0.1) is 0 Å². The van der Waals surface area contributed by atoms with E-state index in [2.05, 4.69) is 36.5 Å². The molecule has 2 atom stereocenters. The first kappa shape index (κ1) is 16.0. The Labute approximate surface area is 127 Å². The van der Waals surface area contributed by atoms with Gasteiger partial charge in [0.15, 0.2) is 0 Å². The lowest BCUT2D eigenvalue weighted by molar-refractivity contribution is -0.130. The molecule has 1 heterocycles. The van der Waals surface area contributed by atoms with Gasteiger partial charge in [-0.25, -0.2) is 0 Å². The Balaban J connectivity index is 1.81. The summed E-state index contributed by atoms with van der Waals surface area (Å²) < 4.78 is 5.12. The van der Waals surface area contributed by atoms with E-state index in [-0.39, 0.29) is 5.91 Å². The second-order valence-electron chi connectivity index (χ2n) is 5.97. The van der Waals surface area contributed by atoms with Gasteiger partial charge in [-0.3, -0.25) is 4.79 Å². The fraction of sp³-hybridized carbons (Fsp3) is 0.588. The van der Waals surface area contributed by atoms with Crippen molar-refractivity contribution in [1.29, 1.82) is 0 Å². The molecule has 1 aliphatic rings. The van der Waals surface area contributed by atoms with Crippen LogP contribution in [0, 0.1) is 5.92 Å². The van der Waals surface area contributed by atoms with Crippen molar-refractivity contribution in [1.82, 2.24) is 10.2 Å². The van der Waals surface area contributed by atoms with E-state index in [1.165, 1.54) is 11.1 Å². The van der Waals surface area contributed by atoms with Gasteiger partial charge in [0.2, 0.25) is 5.91 Å². The van der Waals surface area contributed by atoms with E-state index in [0.29, 0.717) is 18.6 Å². The number of hydrogen-bond donors (Lipinski definition) is 1. The molecule has 0 aromatic heterocycles. The monoisotopic (exact) mass is 290 g/mol. The highest BCUT2D eigenvalue weighted by Gasteiger charge is 2.26. The zero-order chi connectivity index (χ0) is 15.2. The highest BCUT2D eigenvalue weighted by Crippen LogP contribution is 2.17. The summed E-state index contributed by atoms with van der Waals surface area (Å²) in [5, 5.41) is 3.63. The lowest BCUT2D eigenvalue weighted by atomic mass is 9.93. The van der Waals surface area contributed by atoms with Crippen LogP contribution in [0.4, 0.5) is 0 Å². The standard InChI is InChI=1S/C17H26N2O2/c1-13-11-19(14(2)20)9-8-17(13)18-10-15-4-6-16(7-5-15)12-21-3/h4-7,13,17-18H,8-12H2,1-3H3/t13-,17+/m0/s1. The van der Waals surface area contributed by atoms with Crippen LogP contribution in [0.1, 0.15) is 31.4 Å². The second kappa shape index (κ2) is 7.57. The third-order valence-electron chi connectivity index (χ3n) is 4.25. The highest BCUT2D eigenvalue weighted by molar-refractivity contribution is 5.73. The maximum absolute atomic E-state index is 11.4. The highest BCUT2D eigenvalue weighted by atomic mass is 16.5. The van der Waals surface area contributed by atoms with Crippen LogP contribution in [0.5, 0.6) is 0 Å². The molecule has 1 aromatic carbocycles. The van der Waals surface area contributed by atoms with Gasteiger partial charge in [-0.05, 0) is 23.5 Å². The van der Waals surface area contributed by atoms with Crippen molar-refractivity contribution >= 4 is 5.91 Å². The van der Waals surface area contributed by atoms with E-state index < -0.39 is 0 Å². The number of likely N-dealkylation sites (tertiary alicyclic amines) is 1. The number of nitrogens with one attached hydrogen (secondary N) is 1. The molecule has 0 radical (unpaired) electrons. The number of ether oxygens (including phenoxy) is 1. The quantitative estimate of drug-likeness (QED) is 0.904. The summed E-state index contributed by atoms with van der Waals surface area (Å²) >= 11 is 0.